The van der Waals surface area contributed by atoms with Crippen LogP contribution < -0.4 is 0 Å². The first kappa shape index (κ1) is 91.9. The predicted molar refractivity (Wildman–Crippen MR) is 424 cm³/mol. The summed E-state index contributed by atoms with van der Waals surface area (Å²) in [5.74, 6) is 0. The van der Waals surface area contributed by atoms with Crippen LogP contribution in [0.4, 0.5) is 0 Å². The first-order valence-electron chi connectivity index (χ1n) is 41.9. The van der Waals surface area contributed by atoms with Crippen molar-refractivity contribution < 1.29 is 25.9 Å². The molecular weight excluding hydrogens is 1350 g/mol. The van der Waals surface area contributed by atoms with Gasteiger partial charge in [0, 0.05) is 0 Å². The smallest absolute Gasteiger partial charge is 0.744 e. The van der Waals surface area contributed by atoms with Gasteiger partial charge < -0.3 is 9.11 Å². The fraction of sp³-hybridized carbons (Fsp3) is 0.773. The molecule has 4 rings (SSSR count). The minimum absolute atomic E-state index is 0. The van der Waals surface area contributed by atoms with Crippen LogP contribution in [0.5, 0.6) is 0 Å². The molecule has 0 aromatic heterocycles. The number of hydrogen-bond acceptors (Lipinski definition) is 6. The third-order valence-corrected chi connectivity index (χ3v) is 22.9. The van der Waals surface area contributed by atoms with E-state index in [0.717, 1.165) is 72.9 Å². The van der Waals surface area contributed by atoms with Gasteiger partial charge in [-0.1, -0.05) is 424 Å². The van der Waals surface area contributed by atoms with Crippen molar-refractivity contribution in [1.82, 2.24) is 0 Å². The van der Waals surface area contributed by atoms with Crippen LogP contribution in [0.2, 0.25) is 0 Å². The van der Waals surface area contributed by atoms with E-state index < -0.39 is 20.2 Å². The van der Waals surface area contributed by atoms with Crippen LogP contribution in [0.25, 0.3) is 21.5 Å². The normalized spacial score (nSPS) is 11.9. The van der Waals surface area contributed by atoms with Gasteiger partial charge in [0.1, 0.15) is 20.2 Å². The van der Waals surface area contributed by atoms with Crippen LogP contribution in [-0.2, 0) is 45.9 Å². The van der Waals surface area contributed by atoms with Gasteiger partial charge in [-0.2, -0.15) is 0 Å². The molecule has 6 nitrogen and oxygen atoms in total. The average Bonchev–Trinajstić information content (AvgIpc) is 0.792. The van der Waals surface area contributed by atoms with E-state index in [4.69, 9.17) is 0 Å². The molecule has 0 aliphatic rings. The molecule has 0 radical (unpaired) electrons. The number of rotatable bonds is 66. The second-order valence-electron chi connectivity index (χ2n) is 29.9. The summed E-state index contributed by atoms with van der Waals surface area (Å²) >= 11 is 0. The minimum atomic E-state index is -4.51. The van der Waals surface area contributed by atoms with Crippen molar-refractivity contribution in [2.24, 2.45) is 0 Å². The van der Waals surface area contributed by atoms with Crippen LogP contribution in [0.3, 0.4) is 0 Å². The number of unbranched alkanes of at least 4 members (excludes halogenated alkanes) is 56. The summed E-state index contributed by atoms with van der Waals surface area (Å²) in [7, 11) is -9.03. The summed E-state index contributed by atoms with van der Waals surface area (Å²) in [5, 5.41) is 4.02. The molecule has 4 aromatic rings. The van der Waals surface area contributed by atoms with E-state index in [2.05, 4.69) is 64.1 Å². The molecule has 0 heterocycles. The van der Waals surface area contributed by atoms with E-state index in [9.17, 15) is 25.9 Å². The Kier molecular flexibility index (Phi) is 59.9. The molecule has 552 valence electrons. The molecule has 0 unspecified atom stereocenters. The fourth-order valence-corrected chi connectivity index (χ4v) is 16.4. The number of benzene rings is 4. The van der Waals surface area contributed by atoms with E-state index in [1.807, 2.05) is 12.1 Å². The van der Waals surface area contributed by atoms with Crippen molar-refractivity contribution in [3.63, 3.8) is 0 Å². The summed E-state index contributed by atoms with van der Waals surface area (Å²) < 4.78 is 73.9. The van der Waals surface area contributed by atoms with Gasteiger partial charge >= 0.3 is 48.9 Å². The van der Waals surface area contributed by atoms with Gasteiger partial charge in [0.25, 0.3) is 0 Å². The van der Waals surface area contributed by atoms with Crippen molar-refractivity contribution >= 4 is 90.7 Å². The monoisotopic (exact) mass is 1500 g/mol. The zero-order valence-electron chi connectivity index (χ0n) is 64.0. The van der Waals surface area contributed by atoms with Crippen molar-refractivity contribution in [3.8, 4) is 0 Å². The molecule has 0 aliphatic heterocycles. The summed E-state index contributed by atoms with van der Waals surface area (Å²) in [5.41, 5.74) is 3.75. The number of fused-ring (bicyclic) bond motifs is 2. The van der Waals surface area contributed by atoms with E-state index in [0.29, 0.717) is 24.0 Å². The Labute approximate surface area is 642 Å². The molecule has 0 atom stereocenters. The first-order valence-corrected chi connectivity index (χ1v) is 44.8. The van der Waals surface area contributed by atoms with Gasteiger partial charge in [0.15, 0.2) is 0 Å². The van der Waals surface area contributed by atoms with Gasteiger partial charge in [-0.05, 0) is 119 Å². The molecule has 0 N–H and O–H groups in total. The predicted octanol–water partition coefficient (Wildman–Crippen LogP) is 28.8. The van der Waals surface area contributed by atoms with Crippen LogP contribution in [-0.4, -0.2) is 74.8 Å². The fourth-order valence-electron chi connectivity index (χ4n) is 14.9. The second-order valence-corrected chi connectivity index (χ2v) is 32.6. The Bertz CT molecular complexity index is 2500. The third kappa shape index (κ3) is 47.7. The van der Waals surface area contributed by atoms with E-state index in [-0.39, 0.29) is 58.7 Å². The van der Waals surface area contributed by atoms with Crippen LogP contribution >= 0.6 is 0 Å². The Morgan fingerprint density at radius 3 is 0.567 bits per heavy atom. The van der Waals surface area contributed by atoms with Gasteiger partial charge in [0.05, 0.1) is 9.79 Å². The Hall–Kier alpha value is -1.21. The summed E-state index contributed by atoms with van der Waals surface area (Å²) in [6.07, 6.45) is 82.8. The van der Waals surface area contributed by atoms with E-state index in [1.54, 1.807) is 12.1 Å². The molecule has 0 bridgehead atoms. The quantitative estimate of drug-likeness (QED) is 0.0247. The molecule has 0 saturated carbocycles. The largest absolute Gasteiger partial charge is 2.00 e. The Morgan fingerprint density at radius 1 is 0.227 bits per heavy atom. The number of hydrogen-bond donors (Lipinski definition) is 0. The topological polar surface area (TPSA) is 114 Å². The van der Waals surface area contributed by atoms with Gasteiger partial charge in [-0.3, -0.25) is 0 Å². The van der Waals surface area contributed by atoms with Crippen molar-refractivity contribution in [3.05, 3.63) is 82.9 Å². The van der Waals surface area contributed by atoms with Crippen molar-refractivity contribution in [2.45, 2.75) is 448 Å². The summed E-state index contributed by atoms with van der Waals surface area (Å²) in [6.45, 7) is 9.11. The van der Waals surface area contributed by atoms with Crippen LogP contribution in [0, 0.1) is 0 Å². The third-order valence-electron chi connectivity index (χ3n) is 21.0. The standard InChI is InChI=1S/2C44H76O3S.Ba/c2*1-3-5-7-9-11-13-15-17-19-21-23-25-27-29-31-34-40-36-33-37-41-38-42(44(39-43(40)41)48(45,46)47)35-32-30-28-26-24-22-20-18-16-14-12-10-8-6-4-2;/h2*33,36-39H,3-32,34-35H2,1-2H3,(H,45,46,47);/q;;+2/p-2. The van der Waals surface area contributed by atoms with Crippen molar-refractivity contribution in [1.29, 1.82) is 0 Å². The van der Waals surface area contributed by atoms with E-state index >= 15 is 0 Å². The molecule has 0 amide bonds. The zero-order valence-corrected chi connectivity index (χ0v) is 70.1. The molecule has 0 fully saturated rings. The maximum Gasteiger partial charge on any atom is 2.00 e. The van der Waals surface area contributed by atoms with Crippen molar-refractivity contribution in [2.75, 3.05) is 0 Å². The van der Waals surface area contributed by atoms with Gasteiger partial charge in [-0.25, -0.2) is 16.8 Å². The maximum atomic E-state index is 12.3. The van der Waals surface area contributed by atoms with E-state index in [1.165, 1.54) is 358 Å². The molecule has 4 aromatic carbocycles. The molecule has 9 heteroatoms. The molecule has 0 saturated heterocycles. The Balaban J connectivity index is 0.000000653. The summed E-state index contributed by atoms with van der Waals surface area (Å²) in [6, 6.07) is 19.9. The second kappa shape index (κ2) is 63.3. The van der Waals surface area contributed by atoms with Gasteiger partial charge in [0.2, 0.25) is 0 Å². The van der Waals surface area contributed by atoms with Crippen LogP contribution in [0.15, 0.2) is 70.5 Å². The van der Waals surface area contributed by atoms with Gasteiger partial charge in [-0.15, -0.1) is 0 Å². The maximum absolute atomic E-state index is 12.3. The summed E-state index contributed by atoms with van der Waals surface area (Å²) in [4.78, 5) is 0.00798. The molecule has 97 heavy (non-hydrogen) atoms. The molecule has 0 spiro atoms. The molecule has 0 aliphatic carbocycles. The number of aryl methyl sites for hydroxylation is 4. The first-order chi connectivity index (χ1) is 46.9. The molecular formula is C88H150BaO6S2. The average molecular weight is 1510 g/mol. The minimum Gasteiger partial charge on any atom is -0.744 e. The Morgan fingerprint density at radius 2 is 0.392 bits per heavy atom. The zero-order chi connectivity index (χ0) is 69.1. The SMILES string of the molecule is CCCCCCCCCCCCCCCCCc1cc2cccc(CCCCCCCCCCCCCCCCC)c2cc1S(=O)(=O)[O-].CCCCCCCCCCCCCCCCCc1cc2cccc(CCCCCCCCCCCCCCCCC)c2cc1S(=O)(=O)[O-].[Ba+2]. The van der Waals surface area contributed by atoms with Crippen LogP contribution in [0.1, 0.15) is 435 Å².